The zero-order valence-electron chi connectivity index (χ0n) is 16.1. The van der Waals surface area contributed by atoms with E-state index in [0.717, 1.165) is 0 Å². The average Bonchev–Trinajstić information content (AvgIpc) is 2.78. The molecule has 0 aromatic carbocycles. The van der Waals surface area contributed by atoms with Crippen LogP contribution in [0.2, 0.25) is 0 Å². The molecule has 8 nitrogen and oxygen atoms in total. The van der Waals surface area contributed by atoms with Crippen LogP contribution in [0.5, 0.6) is 0 Å². The van der Waals surface area contributed by atoms with Crippen molar-refractivity contribution in [3.63, 3.8) is 0 Å². The highest BCUT2D eigenvalue weighted by molar-refractivity contribution is 9.10. The Morgan fingerprint density at radius 1 is 0.935 bits per heavy atom. The molecule has 0 amide bonds. The van der Waals surface area contributed by atoms with Gasteiger partial charge in [-0.25, -0.2) is 9.97 Å². The van der Waals surface area contributed by atoms with Gasteiger partial charge in [-0.2, -0.15) is 0 Å². The lowest BCUT2D eigenvalue weighted by Crippen LogP contribution is -2.18. The Morgan fingerprint density at radius 2 is 1.42 bits per heavy atom. The predicted octanol–water partition coefficient (Wildman–Crippen LogP) is 3.72. The Morgan fingerprint density at radius 3 is 1.90 bits per heavy atom. The Bertz CT molecular complexity index is 1390. The first-order chi connectivity index (χ1) is 14.8. The maximum absolute atomic E-state index is 11.9. The van der Waals surface area contributed by atoms with E-state index in [-0.39, 0.29) is 23.6 Å². The molecular weight excluding hydrogens is 556 g/mol. The van der Waals surface area contributed by atoms with Gasteiger partial charge in [0, 0.05) is 19.3 Å². The third-order valence-corrected chi connectivity index (χ3v) is 5.88. The number of nitrogens with zero attached hydrogens (tertiary/aromatic N) is 4. The van der Waals surface area contributed by atoms with Crippen LogP contribution >= 0.6 is 43.5 Å². The smallest absolute Gasteiger partial charge is 0.303 e. The van der Waals surface area contributed by atoms with Crippen LogP contribution in [0.3, 0.4) is 0 Å². The van der Waals surface area contributed by atoms with E-state index in [1.165, 1.54) is 15.7 Å². The number of halogens is 3. The normalized spacial score (nSPS) is 10.6. The van der Waals surface area contributed by atoms with Gasteiger partial charge in [-0.05, 0) is 56.1 Å². The van der Waals surface area contributed by atoms with E-state index in [1.807, 2.05) is 6.07 Å². The van der Waals surface area contributed by atoms with Crippen molar-refractivity contribution in [3.8, 4) is 0 Å². The zero-order valence-corrected chi connectivity index (χ0v) is 20.0. The van der Waals surface area contributed by atoms with Crippen LogP contribution in [0.15, 0.2) is 67.3 Å². The Balaban J connectivity index is 0.000000179. The van der Waals surface area contributed by atoms with E-state index in [2.05, 4.69) is 41.8 Å². The van der Waals surface area contributed by atoms with E-state index in [9.17, 15) is 14.4 Å². The van der Waals surface area contributed by atoms with Gasteiger partial charge in [-0.3, -0.25) is 23.2 Å². The largest absolute Gasteiger partial charge is 0.459 e. The van der Waals surface area contributed by atoms with E-state index in [0.29, 0.717) is 31.6 Å². The highest BCUT2D eigenvalue weighted by Crippen LogP contribution is 2.13. The van der Waals surface area contributed by atoms with Gasteiger partial charge in [0.1, 0.15) is 32.5 Å². The molecule has 31 heavy (non-hydrogen) atoms. The van der Waals surface area contributed by atoms with Gasteiger partial charge >= 0.3 is 5.97 Å². The molecular formula is C20H15Br2ClN4O4. The number of hydrogen-bond acceptors (Lipinski definition) is 6. The predicted molar refractivity (Wildman–Crippen MR) is 123 cm³/mol. The quantitative estimate of drug-likeness (QED) is 0.275. The van der Waals surface area contributed by atoms with Crippen LogP contribution in [0.25, 0.3) is 11.3 Å². The zero-order chi connectivity index (χ0) is 22.5. The topological polar surface area (TPSA) is 95.0 Å². The molecule has 0 spiro atoms. The minimum atomic E-state index is -0.410. The molecule has 11 heteroatoms. The number of pyridine rings is 2. The second-order valence-corrected chi connectivity index (χ2v) is 7.98. The number of ether oxygens (including phenoxy) is 1. The highest BCUT2D eigenvalue weighted by Gasteiger charge is 2.11. The van der Waals surface area contributed by atoms with Crippen molar-refractivity contribution in [1.82, 2.24) is 18.8 Å². The molecule has 4 aromatic rings. The number of alkyl halides is 1. The molecule has 0 radical (unpaired) electrons. The number of carbonyl (C=O) groups is 1. The lowest BCUT2D eigenvalue weighted by Gasteiger charge is -2.06. The molecule has 0 saturated heterocycles. The van der Waals surface area contributed by atoms with Gasteiger partial charge in [0.2, 0.25) is 0 Å². The van der Waals surface area contributed by atoms with Gasteiger partial charge in [-0.1, -0.05) is 12.1 Å². The molecule has 0 aliphatic carbocycles. The summed E-state index contributed by atoms with van der Waals surface area (Å²) in [6.07, 6.45) is 3.30. The molecule has 4 rings (SSSR count). The van der Waals surface area contributed by atoms with Crippen molar-refractivity contribution in [2.45, 2.75) is 19.4 Å². The van der Waals surface area contributed by atoms with Crippen molar-refractivity contribution in [2.24, 2.45) is 0 Å². The molecule has 0 aliphatic rings. The number of rotatable bonds is 3. The third-order valence-electron chi connectivity index (χ3n) is 4.03. The van der Waals surface area contributed by atoms with Gasteiger partial charge in [-0.15, -0.1) is 11.6 Å². The fourth-order valence-corrected chi connectivity index (χ4v) is 3.75. The molecule has 4 heterocycles. The number of hydrogen-bond donors (Lipinski definition) is 0. The lowest BCUT2D eigenvalue weighted by molar-refractivity contribution is -0.142. The number of esters is 1. The maximum atomic E-state index is 11.9. The molecule has 4 aromatic heterocycles. The van der Waals surface area contributed by atoms with Crippen LogP contribution in [0.1, 0.15) is 18.3 Å². The van der Waals surface area contributed by atoms with Crippen molar-refractivity contribution >= 4 is 60.7 Å². The van der Waals surface area contributed by atoms with Crippen LogP contribution in [-0.4, -0.2) is 24.7 Å². The molecule has 0 fully saturated rings. The van der Waals surface area contributed by atoms with Crippen molar-refractivity contribution < 1.29 is 9.53 Å². The van der Waals surface area contributed by atoms with Gasteiger partial charge in [0.15, 0.2) is 0 Å². The number of aromatic nitrogens is 4. The van der Waals surface area contributed by atoms with Crippen molar-refractivity contribution in [2.75, 3.05) is 0 Å². The van der Waals surface area contributed by atoms with Crippen LogP contribution in [-0.2, 0) is 22.0 Å². The molecule has 0 N–H and O–H groups in total. The summed E-state index contributed by atoms with van der Waals surface area (Å²) in [5.74, 6) is -0.187. The lowest BCUT2D eigenvalue weighted by atomic mass is 10.4. The summed E-state index contributed by atoms with van der Waals surface area (Å²) in [5, 5.41) is 0. The second kappa shape index (κ2) is 10.2. The van der Waals surface area contributed by atoms with E-state index in [1.54, 1.807) is 42.7 Å². The van der Waals surface area contributed by atoms with Gasteiger partial charge in [0.25, 0.3) is 11.1 Å². The van der Waals surface area contributed by atoms with E-state index >= 15 is 0 Å². The summed E-state index contributed by atoms with van der Waals surface area (Å²) in [6.45, 7) is 1.29. The first-order valence-electron chi connectivity index (χ1n) is 8.84. The Kier molecular flexibility index (Phi) is 7.58. The Labute approximate surface area is 197 Å². The monoisotopic (exact) mass is 568 g/mol. The fourth-order valence-electron chi connectivity index (χ4n) is 2.58. The minimum Gasteiger partial charge on any atom is -0.459 e. The summed E-state index contributed by atoms with van der Waals surface area (Å²) in [7, 11) is 0. The van der Waals surface area contributed by atoms with Crippen LogP contribution in [0, 0.1) is 0 Å². The number of carbonyl (C=O) groups excluding carboxylic acids is 1. The summed E-state index contributed by atoms with van der Waals surface area (Å²) in [4.78, 5) is 42.9. The Hall–Kier alpha value is -2.56. The minimum absolute atomic E-state index is 0.0173. The highest BCUT2D eigenvalue weighted by atomic mass is 79.9. The first kappa shape index (κ1) is 23.1. The van der Waals surface area contributed by atoms with E-state index in [4.69, 9.17) is 16.3 Å². The third kappa shape index (κ3) is 5.20. The van der Waals surface area contributed by atoms with Gasteiger partial charge < -0.3 is 4.74 Å². The molecule has 0 unspecified atom stereocenters. The molecule has 0 bridgehead atoms. The molecule has 0 saturated carbocycles. The van der Waals surface area contributed by atoms with E-state index < -0.39 is 5.97 Å². The van der Waals surface area contributed by atoms with Crippen LogP contribution < -0.4 is 11.1 Å². The van der Waals surface area contributed by atoms with Crippen LogP contribution in [0.4, 0.5) is 0 Å². The fraction of sp³-hybridized carbons (Fsp3) is 0.150. The second-order valence-electron chi connectivity index (χ2n) is 6.13. The summed E-state index contributed by atoms with van der Waals surface area (Å²) in [6, 6.07) is 10.6. The first-order valence-corrected chi connectivity index (χ1v) is 11.0. The van der Waals surface area contributed by atoms with Gasteiger partial charge in [0.05, 0.1) is 11.6 Å². The molecule has 160 valence electrons. The van der Waals surface area contributed by atoms with Crippen molar-refractivity contribution in [3.05, 3.63) is 89.8 Å². The molecule has 0 aliphatic heterocycles. The SMILES string of the molecule is CC(=O)OCc1nc2ccccn2c(=O)c1Br.O=c1c(Br)c(CCl)nc2ccccn12. The maximum Gasteiger partial charge on any atom is 0.303 e. The summed E-state index contributed by atoms with van der Waals surface area (Å²) >= 11 is 12.0. The summed E-state index contributed by atoms with van der Waals surface area (Å²) < 4.78 is 8.46. The molecule has 0 atom stereocenters. The van der Waals surface area contributed by atoms with Crippen molar-refractivity contribution in [1.29, 1.82) is 0 Å². The number of fused-ring (bicyclic) bond motifs is 2. The average molecular weight is 571 g/mol. The summed E-state index contributed by atoms with van der Waals surface area (Å²) in [5.41, 5.74) is 1.75. The standard InChI is InChI=1S/C11H9BrN2O3.C9H6BrClN2O/c1-7(15)17-6-8-10(12)11(16)14-5-3-2-4-9(14)13-8;10-8-6(5-11)12-7-3-1-2-4-13(7)9(8)14/h2-5H,6H2,1H3;1-4H,5H2.